The molecule has 2 unspecified atom stereocenters. The van der Waals surface area contributed by atoms with Crippen LogP contribution in [-0.4, -0.2) is 43.3 Å². The second-order valence-corrected chi connectivity index (χ2v) is 6.09. The lowest BCUT2D eigenvalue weighted by atomic mass is 10.1. The predicted molar refractivity (Wildman–Crippen MR) is 102 cm³/mol. The highest BCUT2D eigenvalue weighted by molar-refractivity contribution is 5.81. The maximum Gasteiger partial charge on any atom is 0.0780 e. The van der Waals surface area contributed by atoms with Crippen LogP contribution in [0.5, 0.6) is 0 Å². The van der Waals surface area contributed by atoms with Gasteiger partial charge in [0.15, 0.2) is 0 Å². The molecule has 2 aromatic rings. The molecule has 0 fully saturated rings. The highest BCUT2D eigenvalue weighted by Gasteiger charge is 2.06. The van der Waals surface area contributed by atoms with Gasteiger partial charge in [0, 0.05) is 6.21 Å². The van der Waals surface area contributed by atoms with E-state index in [4.69, 9.17) is 14.6 Å². The van der Waals surface area contributed by atoms with Crippen molar-refractivity contribution >= 4 is 11.9 Å². The summed E-state index contributed by atoms with van der Waals surface area (Å²) in [5, 5.41) is 8.92. The third kappa shape index (κ3) is 7.61. The molecule has 0 saturated carbocycles. The van der Waals surface area contributed by atoms with Crippen LogP contribution in [0.3, 0.4) is 0 Å². The smallest absolute Gasteiger partial charge is 0.0780 e. The quantitative estimate of drug-likeness (QED) is 0.669. The second kappa shape index (κ2) is 10.8. The molecule has 134 valence electrons. The Morgan fingerprint density at radius 3 is 2.36 bits per heavy atom. The van der Waals surface area contributed by atoms with Gasteiger partial charge in [-0.25, -0.2) is 0 Å². The van der Waals surface area contributed by atoms with Crippen molar-refractivity contribution < 1.29 is 14.6 Å². The summed E-state index contributed by atoms with van der Waals surface area (Å²) in [5.74, 6) is 0. The first-order valence-electron chi connectivity index (χ1n) is 8.69. The molecule has 2 atom stereocenters. The molecule has 2 rings (SSSR count). The highest BCUT2D eigenvalue weighted by atomic mass is 16.5. The van der Waals surface area contributed by atoms with Gasteiger partial charge in [0.25, 0.3) is 0 Å². The van der Waals surface area contributed by atoms with Crippen LogP contribution in [0.25, 0.3) is 0 Å². The average molecular weight is 341 g/mol. The molecule has 0 aliphatic carbocycles. The van der Waals surface area contributed by atoms with Crippen LogP contribution < -0.4 is 0 Å². The molecule has 4 nitrogen and oxygen atoms in total. The van der Waals surface area contributed by atoms with E-state index in [1.807, 2.05) is 62.5 Å². The van der Waals surface area contributed by atoms with Gasteiger partial charge < -0.3 is 14.6 Å². The number of hydrogen-bond donors (Lipinski definition) is 1. The average Bonchev–Trinajstić information content (AvgIpc) is 2.66. The summed E-state index contributed by atoms with van der Waals surface area (Å²) in [7, 11) is 0. The van der Waals surface area contributed by atoms with Gasteiger partial charge in [0.2, 0.25) is 0 Å². The van der Waals surface area contributed by atoms with E-state index in [9.17, 15) is 0 Å². The summed E-state index contributed by atoms with van der Waals surface area (Å²) in [6.45, 7) is 4.99. The van der Waals surface area contributed by atoms with Gasteiger partial charge in [-0.2, -0.15) is 0 Å². The zero-order valence-corrected chi connectivity index (χ0v) is 15.0. The molecule has 0 bridgehead atoms. The third-order valence-electron chi connectivity index (χ3n) is 3.76. The lowest BCUT2D eigenvalue weighted by Gasteiger charge is -2.16. The van der Waals surface area contributed by atoms with E-state index < -0.39 is 0 Å². The number of ether oxygens (including phenoxy) is 2. The Kier molecular flexibility index (Phi) is 8.32. The van der Waals surface area contributed by atoms with Crippen LogP contribution in [0.4, 0.5) is 5.69 Å². The van der Waals surface area contributed by atoms with E-state index >= 15 is 0 Å². The maximum absolute atomic E-state index is 8.92. The van der Waals surface area contributed by atoms with Crippen LogP contribution in [0.15, 0.2) is 59.6 Å². The van der Waals surface area contributed by atoms with Gasteiger partial charge in [-0.1, -0.05) is 42.5 Å². The van der Waals surface area contributed by atoms with Crippen LogP contribution in [0.1, 0.15) is 25.0 Å². The minimum Gasteiger partial charge on any atom is -0.394 e. The number of aliphatic imine (C=N–C) groups is 1. The minimum atomic E-state index is -0.143. The molecular weight excluding hydrogens is 314 g/mol. The van der Waals surface area contributed by atoms with Crippen LogP contribution in [0, 0.1) is 0 Å². The Morgan fingerprint density at radius 2 is 1.68 bits per heavy atom. The molecule has 25 heavy (non-hydrogen) atoms. The molecular formula is C21H27NO3. The SMILES string of the molecule is CC(CO)OCC(C)OCCc1ccc(N=Cc2ccccc2)cc1. The molecule has 2 aromatic carbocycles. The molecule has 0 heterocycles. The Morgan fingerprint density at radius 1 is 0.960 bits per heavy atom. The van der Waals surface area contributed by atoms with E-state index in [2.05, 4.69) is 17.1 Å². The van der Waals surface area contributed by atoms with Crippen LogP contribution in [0.2, 0.25) is 0 Å². The van der Waals surface area contributed by atoms with Gasteiger partial charge >= 0.3 is 0 Å². The van der Waals surface area contributed by atoms with E-state index in [1.165, 1.54) is 5.56 Å². The lowest BCUT2D eigenvalue weighted by molar-refractivity contribution is -0.0446. The Hall–Kier alpha value is -2.01. The molecule has 0 saturated heterocycles. The van der Waals surface area contributed by atoms with Gasteiger partial charge in [-0.3, -0.25) is 4.99 Å². The van der Waals surface area contributed by atoms with Crippen molar-refractivity contribution in [3.05, 3.63) is 65.7 Å². The minimum absolute atomic E-state index is 0.0174. The van der Waals surface area contributed by atoms with E-state index in [0.717, 1.165) is 17.7 Å². The van der Waals surface area contributed by atoms with Crippen molar-refractivity contribution in [3.8, 4) is 0 Å². The van der Waals surface area contributed by atoms with E-state index in [-0.39, 0.29) is 18.8 Å². The van der Waals surface area contributed by atoms with Gasteiger partial charge in [0.1, 0.15) is 0 Å². The fraction of sp³-hybridized carbons (Fsp3) is 0.381. The second-order valence-electron chi connectivity index (χ2n) is 6.09. The standard InChI is InChI=1S/C21H27NO3/c1-17(15-23)25-16-18(2)24-13-12-19-8-10-21(11-9-19)22-14-20-6-4-3-5-7-20/h3-11,14,17-18,23H,12-13,15-16H2,1-2H3. The molecule has 1 N–H and O–H groups in total. The molecule has 0 aliphatic heterocycles. The number of aliphatic hydroxyl groups is 1. The first kappa shape index (κ1) is 19.3. The summed E-state index contributed by atoms with van der Waals surface area (Å²) >= 11 is 0. The first-order valence-corrected chi connectivity index (χ1v) is 8.69. The zero-order valence-electron chi connectivity index (χ0n) is 15.0. The highest BCUT2D eigenvalue weighted by Crippen LogP contribution is 2.14. The number of benzene rings is 2. The fourth-order valence-corrected chi connectivity index (χ4v) is 2.22. The largest absolute Gasteiger partial charge is 0.394 e. The number of hydrogen-bond acceptors (Lipinski definition) is 4. The molecule has 0 spiro atoms. The molecule has 0 aliphatic rings. The zero-order chi connectivity index (χ0) is 17.9. The maximum atomic E-state index is 8.92. The Balaban J connectivity index is 1.72. The summed E-state index contributed by atoms with van der Waals surface area (Å²) in [4.78, 5) is 4.48. The van der Waals surface area contributed by atoms with Crippen molar-refractivity contribution in [2.75, 3.05) is 19.8 Å². The Labute approximate surface area is 150 Å². The normalized spacial score (nSPS) is 13.9. The predicted octanol–water partition coefficient (Wildman–Crippen LogP) is 3.78. The van der Waals surface area contributed by atoms with Crippen LogP contribution >= 0.6 is 0 Å². The molecule has 0 aromatic heterocycles. The third-order valence-corrected chi connectivity index (χ3v) is 3.76. The van der Waals surface area contributed by atoms with Gasteiger partial charge in [-0.05, 0) is 43.5 Å². The molecule has 0 amide bonds. The number of nitrogens with zero attached hydrogens (tertiary/aromatic N) is 1. The number of aliphatic hydroxyl groups excluding tert-OH is 1. The summed E-state index contributed by atoms with van der Waals surface area (Å²) < 4.78 is 11.2. The lowest BCUT2D eigenvalue weighted by Crippen LogP contribution is -2.23. The summed E-state index contributed by atoms with van der Waals surface area (Å²) in [5.41, 5.74) is 3.25. The van der Waals surface area contributed by atoms with E-state index in [1.54, 1.807) is 0 Å². The fourth-order valence-electron chi connectivity index (χ4n) is 2.22. The van der Waals surface area contributed by atoms with Crippen LogP contribution in [-0.2, 0) is 15.9 Å². The van der Waals surface area contributed by atoms with Crippen molar-refractivity contribution in [2.24, 2.45) is 4.99 Å². The van der Waals surface area contributed by atoms with E-state index in [0.29, 0.717) is 13.2 Å². The summed E-state index contributed by atoms with van der Waals surface area (Å²) in [6.07, 6.45) is 2.59. The van der Waals surface area contributed by atoms with Crippen molar-refractivity contribution in [1.29, 1.82) is 0 Å². The Bertz CT molecular complexity index is 625. The van der Waals surface area contributed by atoms with Gasteiger partial charge in [0.05, 0.1) is 37.7 Å². The first-order chi connectivity index (χ1) is 12.2. The molecule has 4 heteroatoms. The monoisotopic (exact) mass is 341 g/mol. The summed E-state index contributed by atoms with van der Waals surface area (Å²) in [6, 6.07) is 18.2. The van der Waals surface area contributed by atoms with Gasteiger partial charge in [-0.15, -0.1) is 0 Å². The topological polar surface area (TPSA) is 51.0 Å². The van der Waals surface area contributed by atoms with Crippen molar-refractivity contribution in [2.45, 2.75) is 32.5 Å². The van der Waals surface area contributed by atoms with Crippen molar-refractivity contribution in [3.63, 3.8) is 0 Å². The molecule has 0 radical (unpaired) electrons. The number of rotatable bonds is 10. The van der Waals surface area contributed by atoms with Crippen molar-refractivity contribution in [1.82, 2.24) is 0 Å².